The highest BCUT2D eigenvalue weighted by atomic mass is 35.5. The average molecular weight is 584 g/mol. The lowest BCUT2D eigenvalue weighted by atomic mass is 10.1. The largest absolute Gasteiger partial charge is 0.497 e. The zero-order chi connectivity index (χ0) is 28.2. The zero-order valence-corrected chi connectivity index (χ0v) is 24.0. The predicted molar refractivity (Wildman–Crippen MR) is 156 cm³/mol. The van der Waals surface area contributed by atoms with Gasteiger partial charge in [-0.3, -0.25) is 14.5 Å². The van der Waals surface area contributed by atoms with Gasteiger partial charge in [-0.2, -0.15) is 0 Å². The molecule has 10 heteroatoms. The summed E-state index contributed by atoms with van der Waals surface area (Å²) in [5.41, 5.74) is 2.59. The van der Waals surface area contributed by atoms with Crippen LogP contribution in [-0.2, 0) is 14.3 Å². The Bertz CT molecular complexity index is 1350. The fourth-order valence-electron chi connectivity index (χ4n) is 5.09. The number of benzene rings is 3. The number of fused-ring (bicyclic) bond motifs is 1. The molecule has 0 radical (unpaired) electrons. The Morgan fingerprint density at radius 3 is 2.35 bits per heavy atom. The molecule has 1 amide bonds. The first-order valence-corrected chi connectivity index (χ1v) is 14.4. The molecule has 2 aliphatic rings. The van der Waals surface area contributed by atoms with Gasteiger partial charge in [-0.1, -0.05) is 23.7 Å². The summed E-state index contributed by atoms with van der Waals surface area (Å²) >= 11 is 7.85. The number of nitrogens with zero attached hydrogens (tertiary/aromatic N) is 3. The number of halogens is 2. The summed E-state index contributed by atoms with van der Waals surface area (Å²) in [6, 6.07) is 19.5. The van der Waals surface area contributed by atoms with E-state index in [-0.39, 0.29) is 11.7 Å². The average Bonchev–Trinajstić information content (AvgIpc) is 3.06. The van der Waals surface area contributed by atoms with Gasteiger partial charge in [0.1, 0.15) is 11.6 Å². The highest BCUT2D eigenvalue weighted by Gasteiger charge is 2.41. The number of hydrogen-bond donors (Lipinski definition) is 0. The number of esters is 1. The Hall–Kier alpha value is -3.27. The van der Waals surface area contributed by atoms with Crippen LogP contribution in [0.25, 0.3) is 0 Å². The van der Waals surface area contributed by atoms with Gasteiger partial charge in [-0.15, -0.1) is 11.8 Å². The molecule has 0 aromatic heterocycles. The number of ether oxygens (including phenoxy) is 2. The van der Waals surface area contributed by atoms with E-state index in [9.17, 15) is 14.0 Å². The van der Waals surface area contributed by atoms with Crippen molar-refractivity contribution < 1.29 is 23.5 Å². The number of amides is 1. The molecule has 5 rings (SSSR count). The molecule has 1 fully saturated rings. The smallest absolute Gasteiger partial charge is 0.303 e. The first-order chi connectivity index (χ1) is 19.3. The molecule has 40 heavy (non-hydrogen) atoms. The summed E-state index contributed by atoms with van der Waals surface area (Å²) in [6.45, 7) is 5.62. The van der Waals surface area contributed by atoms with Gasteiger partial charge in [-0.25, -0.2) is 4.39 Å². The summed E-state index contributed by atoms with van der Waals surface area (Å²) in [5.74, 6) is -0.333. The van der Waals surface area contributed by atoms with Crippen molar-refractivity contribution in [3.63, 3.8) is 0 Å². The second-order valence-electron chi connectivity index (χ2n) is 9.75. The fraction of sp³-hybridized carbons (Fsp3) is 0.333. The molecular formula is C30H31ClFN3O4S. The predicted octanol–water partition coefficient (Wildman–Crippen LogP) is 5.42. The van der Waals surface area contributed by atoms with Gasteiger partial charge in [0.25, 0.3) is 5.91 Å². The van der Waals surface area contributed by atoms with Gasteiger partial charge in [0, 0.05) is 61.8 Å². The molecule has 2 aliphatic heterocycles. The van der Waals surface area contributed by atoms with E-state index in [1.165, 1.54) is 30.8 Å². The molecule has 3 aromatic carbocycles. The van der Waals surface area contributed by atoms with Crippen LogP contribution in [0.2, 0.25) is 5.02 Å². The van der Waals surface area contributed by atoms with Crippen LogP contribution in [0, 0.1) is 5.82 Å². The molecule has 2 unspecified atom stereocenters. The maximum Gasteiger partial charge on any atom is 0.303 e. The minimum absolute atomic E-state index is 0.245. The SMILES string of the molecule is COc1ccc(C2Sc3cc(Cl)ccc3N(CCN3CCN(c4ccc(F)cc4)CC3)C(=O)C2OC(C)=O)cc1. The van der Waals surface area contributed by atoms with Crippen LogP contribution in [0.1, 0.15) is 17.7 Å². The van der Waals surface area contributed by atoms with E-state index >= 15 is 0 Å². The Balaban J connectivity index is 1.36. The lowest BCUT2D eigenvalue weighted by molar-refractivity contribution is -0.152. The number of rotatable bonds is 7. The molecule has 0 saturated carbocycles. The van der Waals surface area contributed by atoms with Crippen molar-refractivity contribution in [3.05, 3.63) is 83.1 Å². The van der Waals surface area contributed by atoms with Crippen molar-refractivity contribution in [1.82, 2.24) is 4.90 Å². The molecule has 3 aromatic rings. The number of thioether (sulfide) groups is 1. The van der Waals surface area contributed by atoms with E-state index in [1.54, 1.807) is 30.2 Å². The molecule has 1 saturated heterocycles. The maximum absolute atomic E-state index is 14.1. The van der Waals surface area contributed by atoms with Crippen molar-refractivity contribution >= 4 is 46.6 Å². The summed E-state index contributed by atoms with van der Waals surface area (Å²) in [7, 11) is 1.60. The monoisotopic (exact) mass is 583 g/mol. The minimum atomic E-state index is -1.02. The third kappa shape index (κ3) is 6.37. The molecule has 210 valence electrons. The second-order valence-corrected chi connectivity index (χ2v) is 11.4. The summed E-state index contributed by atoms with van der Waals surface area (Å²) in [6.07, 6.45) is -1.02. The number of anilines is 2. The summed E-state index contributed by atoms with van der Waals surface area (Å²) in [5, 5.41) is 0.0961. The van der Waals surface area contributed by atoms with Crippen molar-refractivity contribution in [2.24, 2.45) is 0 Å². The number of piperazine rings is 1. The van der Waals surface area contributed by atoms with Gasteiger partial charge >= 0.3 is 5.97 Å². The first kappa shape index (κ1) is 28.3. The van der Waals surface area contributed by atoms with E-state index in [0.29, 0.717) is 23.9 Å². The minimum Gasteiger partial charge on any atom is -0.497 e. The first-order valence-electron chi connectivity index (χ1n) is 13.1. The fourth-order valence-corrected chi connectivity index (χ4v) is 6.68. The van der Waals surface area contributed by atoms with Crippen molar-refractivity contribution in [3.8, 4) is 5.75 Å². The highest BCUT2D eigenvalue weighted by molar-refractivity contribution is 7.99. The second kappa shape index (κ2) is 12.5. The standard InChI is InChI=1S/C30H31ClFN3O4S/c1-20(36)39-28-29(21-3-10-25(38-2)11-4-21)40-27-19-22(31)5-12-26(27)35(30(28)37)18-15-33-13-16-34(17-14-33)24-8-6-23(32)7-9-24/h3-12,19,28-29H,13-18H2,1-2H3. The molecule has 7 nitrogen and oxygen atoms in total. The van der Waals surface area contributed by atoms with Gasteiger partial charge in [0.05, 0.1) is 18.0 Å². The lowest BCUT2D eigenvalue weighted by Crippen LogP contribution is -2.50. The molecule has 2 heterocycles. The van der Waals surface area contributed by atoms with Crippen molar-refractivity contribution in [2.45, 2.75) is 23.2 Å². The topological polar surface area (TPSA) is 62.3 Å². The molecule has 0 N–H and O–H groups in total. The van der Waals surface area contributed by atoms with E-state index in [4.69, 9.17) is 21.1 Å². The van der Waals surface area contributed by atoms with Gasteiger partial charge in [0.15, 0.2) is 6.10 Å². The van der Waals surface area contributed by atoms with Crippen LogP contribution in [0.5, 0.6) is 5.75 Å². The molecule has 0 aliphatic carbocycles. The number of hydrogen-bond acceptors (Lipinski definition) is 7. The Labute approximate surface area is 242 Å². The molecule has 0 spiro atoms. The van der Waals surface area contributed by atoms with Gasteiger partial charge in [0.2, 0.25) is 0 Å². The van der Waals surface area contributed by atoms with Gasteiger partial charge < -0.3 is 19.3 Å². The zero-order valence-electron chi connectivity index (χ0n) is 22.4. The highest BCUT2D eigenvalue weighted by Crippen LogP contribution is 2.47. The van der Waals surface area contributed by atoms with Crippen LogP contribution in [-0.4, -0.2) is 69.3 Å². The summed E-state index contributed by atoms with van der Waals surface area (Å²) in [4.78, 5) is 33.4. The van der Waals surface area contributed by atoms with Crippen LogP contribution < -0.4 is 14.5 Å². The number of carbonyl (C=O) groups is 2. The number of methoxy groups -OCH3 is 1. The van der Waals surface area contributed by atoms with Crippen LogP contribution >= 0.6 is 23.4 Å². The Kier molecular flexibility index (Phi) is 8.83. The normalized spacial score (nSPS) is 19.6. The van der Waals surface area contributed by atoms with Crippen LogP contribution in [0.3, 0.4) is 0 Å². The van der Waals surface area contributed by atoms with Crippen LogP contribution in [0.4, 0.5) is 15.8 Å². The molecular weight excluding hydrogens is 553 g/mol. The lowest BCUT2D eigenvalue weighted by Gasteiger charge is -2.37. The molecule has 0 bridgehead atoms. The van der Waals surface area contributed by atoms with Gasteiger partial charge in [-0.05, 0) is 60.2 Å². The maximum atomic E-state index is 14.1. The van der Waals surface area contributed by atoms with Crippen LogP contribution in [0.15, 0.2) is 71.6 Å². The van der Waals surface area contributed by atoms with Crippen molar-refractivity contribution in [2.75, 3.05) is 56.2 Å². The van der Waals surface area contributed by atoms with E-state index in [2.05, 4.69) is 9.80 Å². The van der Waals surface area contributed by atoms with E-state index in [0.717, 1.165) is 48.0 Å². The summed E-state index contributed by atoms with van der Waals surface area (Å²) < 4.78 is 24.3. The van der Waals surface area contributed by atoms with Crippen molar-refractivity contribution in [1.29, 1.82) is 0 Å². The Morgan fingerprint density at radius 2 is 1.70 bits per heavy atom. The number of carbonyl (C=O) groups excluding carboxylic acids is 2. The quantitative estimate of drug-likeness (QED) is 0.344. The Morgan fingerprint density at radius 1 is 1.00 bits per heavy atom. The third-order valence-electron chi connectivity index (χ3n) is 7.19. The van der Waals surface area contributed by atoms with E-state index in [1.807, 2.05) is 36.4 Å². The molecule has 2 atom stereocenters. The van der Waals surface area contributed by atoms with E-state index < -0.39 is 17.3 Å². The third-order valence-corrected chi connectivity index (χ3v) is 8.78.